The number of carboxylic acid groups (broad SMARTS) is 1. The fraction of sp³-hybridized carbons (Fsp3) is 0.303. The average Bonchev–Trinajstić information content (AvgIpc) is 2.97. The van der Waals surface area contributed by atoms with Crippen molar-refractivity contribution in [3.8, 4) is 22.3 Å². The van der Waals surface area contributed by atoms with Gasteiger partial charge in [-0.2, -0.15) is 13.2 Å². The summed E-state index contributed by atoms with van der Waals surface area (Å²) in [6, 6.07) is 22.1. The molecule has 1 aliphatic rings. The lowest BCUT2D eigenvalue weighted by atomic mass is 9.87. The summed E-state index contributed by atoms with van der Waals surface area (Å²) in [4.78, 5) is 14.2. The molecule has 4 aromatic rings. The number of likely N-dealkylation sites (tertiary alicyclic amines) is 1. The molecule has 1 heterocycles. The first-order valence-corrected chi connectivity index (χ1v) is 13.7. The molecule has 1 aliphatic heterocycles. The third-order valence-electron chi connectivity index (χ3n) is 7.44. The molecule has 210 valence electrons. The van der Waals surface area contributed by atoms with Crippen LogP contribution >= 0.6 is 0 Å². The van der Waals surface area contributed by atoms with E-state index in [0.29, 0.717) is 29.0 Å². The number of aromatic carboxylic acids is 1. The van der Waals surface area contributed by atoms with E-state index in [0.717, 1.165) is 54.6 Å². The summed E-state index contributed by atoms with van der Waals surface area (Å²) in [7, 11) is 0. The molecule has 0 aliphatic carbocycles. The van der Waals surface area contributed by atoms with Crippen molar-refractivity contribution < 1.29 is 28.2 Å². The summed E-state index contributed by atoms with van der Waals surface area (Å²) < 4.78 is 38.9. The Morgan fingerprint density at radius 2 is 1.45 bits per heavy atom. The summed E-state index contributed by atoms with van der Waals surface area (Å²) in [5.41, 5.74) is 3.72. The summed E-state index contributed by atoms with van der Waals surface area (Å²) in [5.74, 6) is -0.591. The van der Waals surface area contributed by atoms with Gasteiger partial charge in [0.25, 0.3) is 0 Å². The van der Waals surface area contributed by atoms with Crippen molar-refractivity contribution >= 4 is 16.7 Å². The van der Waals surface area contributed by atoms with Crippen molar-refractivity contribution in [1.29, 1.82) is 0 Å². The first-order chi connectivity index (χ1) is 19.2. The van der Waals surface area contributed by atoms with Crippen molar-refractivity contribution in [1.82, 2.24) is 4.90 Å². The lowest BCUT2D eigenvalue weighted by Gasteiger charge is -2.31. The fourth-order valence-corrected chi connectivity index (χ4v) is 5.33. The Morgan fingerprint density at radius 1 is 0.850 bits per heavy atom. The number of carbonyl (C=O) groups is 1. The van der Waals surface area contributed by atoms with E-state index in [4.69, 9.17) is 5.11 Å². The van der Waals surface area contributed by atoms with E-state index in [9.17, 15) is 23.1 Å². The van der Waals surface area contributed by atoms with Gasteiger partial charge >= 0.3 is 12.1 Å². The minimum Gasteiger partial charge on any atom is -0.478 e. The second-order valence-corrected chi connectivity index (χ2v) is 9.80. The Hall–Kier alpha value is -3.68. The number of alkyl halides is 3. The van der Waals surface area contributed by atoms with Crippen molar-refractivity contribution in [2.24, 2.45) is 0 Å². The fourth-order valence-electron chi connectivity index (χ4n) is 5.33. The van der Waals surface area contributed by atoms with Crippen LogP contribution in [0, 0.1) is 0 Å². The van der Waals surface area contributed by atoms with Crippen LogP contribution in [0.5, 0.6) is 0 Å². The number of aliphatic hydroxyl groups excluding tert-OH is 1. The first-order valence-electron chi connectivity index (χ1n) is 13.7. The highest BCUT2D eigenvalue weighted by Crippen LogP contribution is 2.36. The minimum absolute atomic E-state index is 0.150. The lowest BCUT2D eigenvalue weighted by Crippen LogP contribution is -2.34. The highest BCUT2D eigenvalue weighted by molar-refractivity contribution is 6.04. The molecule has 1 saturated heterocycles. The second-order valence-electron chi connectivity index (χ2n) is 9.80. The molecular weight excluding hydrogens is 515 g/mol. The van der Waals surface area contributed by atoms with Crippen molar-refractivity contribution in [2.75, 3.05) is 26.2 Å². The monoisotopic (exact) mass is 549 g/mol. The number of carboxylic acids is 1. The van der Waals surface area contributed by atoms with E-state index >= 15 is 0 Å². The number of benzene rings is 4. The molecule has 0 atom stereocenters. The number of hydrogen-bond acceptors (Lipinski definition) is 3. The minimum atomic E-state index is -4.40. The van der Waals surface area contributed by atoms with Crippen LogP contribution in [0.4, 0.5) is 13.2 Å². The summed E-state index contributed by atoms with van der Waals surface area (Å²) in [6.07, 6.45) is -2.34. The molecule has 0 unspecified atom stereocenters. The Bertz CT molecular complexity index is 1440. The summed E-state index contributed by atoms with van der Waals surface area (Å²) >= 11 is 0. The summed E-state index contributed by atoms with van der Waals surface area (Å²) in [6.45, 7) is 6.80. The molecule has 2 N–H and O–H groups in total. The van der Waals surface area contributed by atoms with Crippen LogP contribution in [0.1, 0.15) is 54.1 Å². The standard InChI is InChI=1S/C31H28F3NO3.C2H6/c32-31(33,34)27-8-5-21(6-9-27)24-7-10-28-25(17-24)18-26(30(37)38)19-29(28)23-3-1-20(2-4-23)22-11-13-35(14-12-22)15-16-36;1-2/h1-10,17-19,22,36H,11-16H2,(H,37,38);1-2H3. The number of aliphatic hydroxyl groups is 1. The van der Waals surface area contributed by atoms with E-state index in [2.05, 4.69) is 17.0 Å². The molecule has 4 nitrogen and oxygen atoms in total. The maximum atomic E-state index is 13.0. The summed E-state index contributed by atoms with van der Waals surface area (Å²) in [5, 5.41) is 20.5. The Labute approximate surface area is 232 Å². The van der Waals surface area contributed by atoms with Gasteiger partial charge in [-0.3, -0.25) is 0 Å². The highest BCUT2D eigenvalue weighted by Gasteiger charge is 2.30. The van der Waals surface area contributed by atoms with Crippen LogP contribution in [-0.2, 0) is 6.18 Å². The molecule has 0 bridgehead atoms. The zero-order valence-electron chi connectivity index (χ0n) is 22.7. The van der Waals surface area contributed by atoms with Crippen LogP contribution in [0.25, 0.3) is 33.0 Å². The number of nitrogens with zero attached hydrogens (tertiary/aromatic N) is 1. The zero-order valence-corrected chi connectivity index (χ0v) is 22.7. The second kappa shape index (κ2) is 12.7. The molecule has 1 fully saturated rings. The number of fused-ring (bicyclic) bond motifs is 1. The number of rotatable bonds is 6. The number of piperidine rings is 1. The largest absolute Gasteiger partial charge is 0.478 e. The van der Waals surface area contributed by atoms with E-state index < -0.39 is 17.7 Å². The molecule has 4 aromatic carbocycles. The normalized spacial score (nSPS) is 14.6. The van der Waals surface area contributed by atoms with E-state index in [1.54, 1.807) is 12.1 Å². The quantitative estimate of drug-likeness (QED) is 0.255. The third-order valence-corrected chi connectivity index (χ3v) is 7.44. The Kier molecular flexibility index (Phi) is 9.28. The van der Waals surface area contributed by atoms with E-state index in [1.807, 2.05) is 44.2 Å². The molecule has 0 aromatic heterocycles. The van der Waals surface area contributed by atoms with E-state index in [-0.39, 0.29) is 12.2 Å². The van der Waals surface area contributed by atoms with E-state index in [1.165, 1.54) is 17.7 Å². The number of hydrogen-bond donors (Lipinski definition) is 2. The van der Waals surface area contributed by atoms with Gasteiger partial charge in [-0.05, 0) is 101 Å². The van der Waals surface area contributed by atoms with Crippen LogP contribution in [0.3, 0.4) is 0 Å². The first kappa shape index (κ1) is 29.3. The van der Waals surface area contributed by atoms with Crippen LogP contribution in [0.15, 0.2) is 78.9 Å². The van der Waals surface area contributed by atoms with Gasteiger partial charge in [0, 0.05) is 6.54 Å². The highest BCUT2D eigenvalue weighted by atomic mass is 19.4. The Balaban J connectivity index is 0.00000181. The van der Waals surface area contributed by atoms with Gasteiger partial charge in [0.05, 0.1) is 17.7 Å². The zero-order chi connectivity index (χ0) is 28.9. The van der Waals surface area contributed by atoms with Gasteiger partial charge in [-0.25, -0.2) is 4.79 Å². The van der Waals surface area contributed by atoms with Gasteiger partial charge in [0.15, 0.2) is 0 Å². The molecule has 0 spiro atoms. The topological polar surface area (TPSA) is 60.8 Å². The van der Waals surface area contributed by atoms with Gasteiger partial charge in [0.2, 0.25) is 0 Å². The van der Waals surface area contributed by atoms with Gasteiger partial charge < -0.3 is 15.1 Å². The van der Waals surface area contributed by atoms with Gasteiger partial charge in [0.1, 0.15) is 0 Å². The number of β-amino-alcohol motifs (C(OH)–C–C–N with tert-alkyl or cyclic N) is 1. The third kappa shape index (κ3) is 6.54. The van der Waals surface area contributed by atoms with Crippen LogP contribution in [-0.4, -0.2) is 47.3 Å². The van der Waals surface area contributed by atoms with Crippen molar-refractivity contribution in [3.05, 3.63) is 95.6 Å². The van der Waals surface area contributed by atoms with Crippen LogP contribution in [0.2, 0.25) is 0 Å². The molecule has 0 saturated carbocycles. The Morgan fingerprint density at radius 3 is 2.02 bits per heavy atom. The van der Waals surface area contributed by atoms with Gasteiger partial charge in [-0.1, -0.05) is 62.4 Å². The lowest BCUT2D eigenvalue weighted by molar-refractivity contribution is -0.137. The maximum Gasteiger partial charge on any atom is 0.416 e. The number of halogens is 3. The van der Waals surface area contributed by atoms with Crippen molar-refractivity contribution in [3.63, 3.8) is 0 Å². The molecule has 0 radical (unpaired) electrons. The molecule has 0 amide bonds. The van der Waals surface area contributed by atoms with Crippen molar-refractivity contribution in [2.45, 2.75) is 38.8 Å². The average molecular weight is 550 g/mol. The molecule has 7 heteroatoms. The maximum absolute atomic E-state index is 13.0. The molecule has 5 rings (SSSR count). The molecule has 40 heavy (non-hydrogen) atoms. The smallest absolute Gasteiger partial charge is 0.416 e. The molecular formula is C33H34F3NO3. The predicted octanol–water partition coefficient (Wildman–Crippen LogP) is 8.09. The van der Waals surface area contributed by atoms with Gasteiger partial charge in [-0.15, -0.1) is 0 Å². The van der Waals surface area contributed by atoms with Crippen LogP contribution < -0.4 is 0 Å². The SMILES string of the molecule is CC.O=C(O)c1cc(-c2ccc(C3CCN(CCO)CC3)cc2)c2ccc(-c3ccc(C(F)(F)F)cc3)cc2c1. The predicted molar refractivity (Wildman–Crippen MR) is 154 cm³/mol.